The first-order valence-electron chi connectivity index (χ1n) is 13.9. The van der Waals surface area contributed by atoms with Crippen LogP contribution in [0.15, 0.2) is 66.7 Å². The van der Waals surface area contributed by atoms with E-state index in [0.29, 0.717) is 11.3 Å². The molecule has 0 aliphatic carbocycles. The number of nitrogens with zero attached hydrogens (tertiary/aromatic N) is 1. The smallest absolute Gasteiger partial charge is 0.406 e. The number of alkyl halides is 3. The number of halogens is 5. The summed E-state index contributed by atoms with van der Waals surface area (Å²) < 4.78 is 69.9. The van der Waals surface area contributed by atoms with Crippen molar-refractivity contribution in [2.24, 2.45) is 5.92 Å². The summed E-state index contributed by atoms with van der Waals surface area (Å²) in [5.74, 6) is -1.43. The Labute approximate surface area is 237 Å². The van der Waals surface area contributed by atoms with E-state index in [-0.39, 0.29) is 41.0 Å². The lowest BCUT2D eigenvalue weighted by atomic mass is 9.86. The van der Waals surface area contributed by atoms with Crippen LogP contribution >= 0.6 is 0 Å². The molecule has 4 nitrogen and oxygen atoms in total. The molecule has 0 saturated carbocycles. The van der Waals surface area contributed by atoms with Gasteiger partial charge in [-0.15, -0.1) is 13.2 Å². The van der Waals surface area contributed by atoms with Crippen molar-refractivity contribution in [2.45, 2.75) is 57.7 Å². The van der Waals surface area contributed by atoms with Crippen molar-refractivity contribution in [3.63, 3.8) is 0 Å². The Hall–Kier alpha value is -3.46. The first kappa shape index (κ1) is 30.5. The molecule has 3 aromatic rings. The molecule has 1 amide bonds. The fourth-order valence-electron chi connectivity index (χ4n) is 5.37. The van der Waals surface area contributed by atoms with Crippen LogP contribution in [-0.4, -0.2) is 36.8 Å². The molecular weight excluding hydrogens is 539 g/mol. The van der Waals surface area contributed by atoms with E-state index in [4.69, 9.17) is 0 Å². The molecule has 41 heavy (non-hydrogen) atoms. The van der Waals surface area contributed by atoms with E-state index in [1.165, 1.54) is 42.5 Å². The number of ether oxygens (including phenoxy) is 1. The third-order valence-corrected chi connectivity index (χ3v) is 7.58. The number of anilines is 1. The van der Waals surface area contributed by atoms with Crippen molar-refractivity contribution in [3.8, 4) is 5.75 Å². The van der Waals surface area contributed by atoms with E-state index >= 15 is 0 Å². The van der Waals surface area contributed by atoms with Crippen LogP contribution in [0.3, 0.4) is 0 Å². The van der Waals surface area contributed by atoms with Gasteiger partial charge in [0.05, 0.1) is 0 Å². The van der Waals surface area contributed by atoms with Crippen molar-refractivity contribution in [1.29, 1.82) is 0 Å². The van der Waals surface area contributed by atoms with Gasteiger partial charge in [-0.2, -0.15) is 0 Å². The first-order chi connectivity index (χ1) is 19.5. The molecule has 0 aromatic heterocycles. The number of likely N-dealkylation sites (tertiary alicyclic amines) is 1. The fourth-order valence-corrected chi connectivity index (χ4v) is 5.37. The molecule has 0 radical (unpaired) electrons. The zero-order chi connectivity index (χ0) is 29.6. The quantitative estimate of drug-likeness (QED) is 0.248. The maximum atomic E-state index is 13.5. The molecule has 220 valence electrons. The van der Waals surface area contributed by atoms with Gasteiger partial charge in [0.25, 0.3) is 0 Å². The topological polar surface area (TPSA) is 41.6 Å². The second kappa shape index (κ2) is 13.5. The Morgan fingerprint density at radius 2 is 1.49 bits per heavy atom. The number of benzene rings is 3. The van der Waals surface area contributed by atoms with Gasteiger partial charge < -0.3 is 15.0 Å². The highest BCUT2D eigenvalue weighted by atomic mass is 19.4. The highest BCUT2D eigenvalue weighted by molar-refractivity contribution is 5.93. The van der Waals surface area contributed by atoms with E-state index in [0.717, 1.165) is 56.4 Å². The van der Waals surface area contributed by atoms with Gasteiger partial charge >= 0.3 is 6.36 Å². The highest BCUT2D eigenvalue weighted by Gasteiger charge is 2.32. The largest absolute Gasteiger partial charge is 0.573 e. The van der Waals surface area contributed by atoms with E-state index in [9.17, 15) is 26.7 Å². The molecule has 0 spiro atoms. The molecule has 3 aromatic carbocycles. The molecule has 0 unspecified atom stereocenters. The summed E-state index contributed by atoms with van der Waals surface area (Å²) >= 11 is 0. The third-order valence-electron chi connectivity index (χ3n) is 7.58. The van der Waals surface area contributed by atoms with Gasteiger partial charge in [-0.05, 0) is 110 Å². The van der Waals surface area contributed by atoms with Crippen LogP contribution in [-0.2, 0) is 4.79 Å². The van der Waals surface area contributed by atoms with E-state index in [2.05, 4.69) is 15.0 Å². The molecular formula is C32H35F5N2O2. The monoisotopic (exact) mass is 574 g/mol. The van der Waals surface area contributed by atoms with E-state index < -0.39 is 6.36 Å². The second-order valence-corrected chi connectivity index (χ2v) is 10.9. The first-order valence-corrected chi connectivity index (χ1v) is 13.9. The van der Waals surface area contributed by atoms with Crippen molar-refractivity contribution >= 4 is 11.6 Å². The third kappa shape index (κ3) is 8.76. The number of carbonyl (C=O) groups is 1. The predicted molar refractivity (Wildman–Crippen MR) is 149 cm³/mol. The minimum atomic E-state index is -4.80. The Bertz CT molecular complexity index is 1240. The van der Waals surface area contributed by atoms with Gasteiger partial charge in [-0.1, -0.05) is 38.1 Å². The van der Waals surface area contributed by atoms with Gasteiger partial charge in [0.2, 0.25) is 5.91 Å². The molecule has 0 bridgehead atoms. The van der Waals surface area contributed by atoms with Gasteiger partial charge in [-0.25, -0.2) is 8.78 Å². The summed E-state index contributed by atoms with van der Waals surface area (Å²) in [6, 6.07) is 16.9. The van der Waals surface area contributed by atoms with Crippen molar-refractivity contribution < 1.29 is 31.5 Å². The molecule has 9 heteroatoms. The lowest BCUT2D eigenvalue weighted by Crippen LogP contribution is -2.34. The number of hydrogen-bond donors (Lipinski definition) is 1. The number of nitrogens with one attached hydrogen (secondary N) is 1. The van der Waals surface area contributed by atoms with Crippen LogP contribution in [0.4, 0.5) is 27.6 Å². The van der Waals surface area contributed by atoms with Crippen LogP contribution in [0.1, 0.15) is 68.1 Å². The average molecular weight is 575 g/mol. The van der Waals surface area contributed by atoms with Crippen molar-refractivity contribution in [3.05, 3.63) is 95.1 Å². The molecule has 1 heterocycles. The Kier molecular flexibility index (Phi) is 10.0. The Morgan fingerprint density at radius 3 is 2.00 bits per heavy atom. The number of hydrogen-bond acceptors (Lipinski definition) is 3. The van der Waals surface area contributed by atoms with Gasteiger partial charge in [0.1, 0.15) is 17.4 Å². The molecule has 1 saturated heterocycles. The number of carbonyl (C=O) groups excluding carboxylic acids is 1. The maximum Gasteiger partial charge on any atom is 0.573 e. The van der Waals surface area contributed by atoms with Crippen LogP contribution in [0, 0.1) is 17.6 Å². The number of piperidine rings is 1. The summed E-state index contributed by atoms with van der Waals surface area (Å²) in [7, 11) is 0. The molecule has 1 aliphatic rings. The molecule has 0 atom stereocenters. The second-order valence-electron chi connectivity index (χ2n) is 10.9. The molecule has 1 fully saturated rings. The number of rotatable bonds is 10. The van der Waals surface area contributed by atoms with Crippen LogP contribution < -0.4 is 10.1 Å². The van der Waals surface area contributed by atoms with Crippen LogP contribution in [0.2, 0.25) is 0 Å². The highest BCUT2D eigenvalue weighted by Crippen LogP contribution is 2.37. The van der Waals surface area contributed by atoms with Gasteiger partial charge in [-0.3, -0.25) is 4.79 Å². The van der Waals surface area contributed by atoms with Crippen LogP contribution in [0.5, 0.6) is 5.75 Å². The summed E-state index contributed by atoms with van der Waals surface area (Å²) in [4.78, 5) is 14.7. The molecule has 4 rings (SSSR count). The minimum Gasteiger partial charge on any atom is -0.406 e. The zero-order valence-corrected chi connectivity index (χ0v) is 23.2. The summed E-state index contributed by atoms with van der Waals surface area (Å²) in [6.07, 6.45) is -1.71. The Balaban J connectivity index is 1.39. The molecule has 1 aliphatic heterocycles. The maximum absolute atomic E-state index is 13.5. The minimum absolute atomic E-state index is 0.00256. The zero-order valence-electron chi connectivity index (χ0n) is 23.2. The standard InChI is InChI=1S/C32H35F5N2O2/c1-21(2)31(40)38-30-14-13-27(41-32(35,36)37)20-29(30)24-15-18-39(19-16-24)17-3-4-28(22-5-9-25(33)10-6-22)23-7-11-26(34)12-8-23/h5-14,20-21,24,28H,3-4,15-19H2,1-2H3,(H,38,40). The lowest BCUT2D eigenvalue weighted by Gasteiger charge is -2.33. The summed E-state index contributed by atoms with van der Waals surface area (Å²) in [5.41, 5.74) is 3.09. The molecule has 1 N–H and O–H groups in total. The van der Waals surface area contributed by atoms with Crippen molar-refractivity contribution in [2.75, 3.05) is 25.0 Å². The van der Waals surface area contributed by atoms with Gasteiger partial charge in [0, 0.05) is 17.5 Å². The summed E-state index contributed by atoms with van der Waals surface area (Å²) in [5, 5.41) is 2.86. The Morgan fingerprint density at radius 1 is 0.927 bits per heavy atom. The van der Waals surface area contributed by atoms with Crippen LogP contribution in [0.25, 0.3) is 0 Å². The number of amides is 1. The van der Waals surface area contributed by atoms with E-state index in [1.807, 2.05) is 0 Å². The normalized spacial score (nSPS) is 15.0. The fraction of sp³-hybridized carbons (Fsp3) is 0.406. The lowest BCUT2D eigenvalue weighted by molar-refractivity contribution is -0.274. The predicted octanol–water partition coefficient (Wildman–Crippen LogP) is 8.25. The SMILES string of the molecule is CC(C)C(=O)Nc1ccc(OC(F)(F)F)cc1C1CCN(CCCC(c2ccc(F)cc2)c2ccc(F)cc2)CC1. The van der Waals surface area contributed by atoms with Crippen molar-refractivity contribution in [1.82, 2.24) is 4.90 Å². The average Bonchev–Trinajstić information content (AvgIpc) is 2.93. The van der Waals surface area contributed by atoms with E-state index in [1.54, 1.807) is 38.1 Å². The van der Waals surface area contributed by atoms with Gasteiger partial charge in [0.15, 0.2) is 0 Å². The summed E-state index contributed by atoms with van der Waals surface area (Å²) in [6.45, 7) is 5.84.